The molecule has 1 N–H and O–H groups in total. The number of benzene rings is 3. The average molecular weight is 735 g/mol. The van der Waals surface area contributed by atoms with Gasteiger partial charge in [0.25, 0.3) is 0 Å². The fourth-order valence-electron chi connectivity index (χ4n) is 4.70. The second-order valence-corrected chi connectivity index (χ2v) is 11.3. The van der Waals surface area contributed by atoms with Gasteiger partial charge in [-0.15, -0.1) is 0 Å². The molecule has 4 aromatic rings. The Hall–Kier alpha value is -4.34. The van der Waals surface area contributed by atoms with E-state index in [1.807, 2.05) is 0 Å². The first kappa shape index (κ1) is 35.5. The van der Waals surface area contributed by atoms with E-state index < -0.39 is 60.0 Å². The normalized spacial score (nSPS) is 12.2. The molecular formula is C31H24BrF9N4O2. The molecule has 0 aliphatic carbocycles. The third-order valence-corrected chi connectivity index (χ3v) is 7.35. The summed E-state index contributed by atoms with van der Waals surface area (Å²) in [5, 5.41) is 9.76. The first-order valence-electron chi connectivity index (χ1n) is 13.6. The van der Waals surface area contributed by atoms with Gasteiger partial charge in [0.15, 0.2) is 0 Å². The molecule has 16 heteroatoms. The van der Waals surface area contributed by atoms with Crippen LogP contribution in [0.15, 0.2) is 83.6 Å². The van der Waals surface area contributed by atoms with E-state index in [-0.39, 0.29) is 42.7 Å². The first-order chi connectivity index (χ1) is 21.9. The van der Waals surface area contributed by atoms with Crippen molar-refractivity contribution in [2.45, 2.75) is 44.6 Å². The van der Waals surface area contributed by atoms with Crippen molar-refractivity contribution in [2.24, 2.45) is 0 Å². The standard InChI is InChI=1S/C31H24BrF9N4O2/c32-26-14-42-27(43-15-26)45(17-20-10-24(30(36,37)38)13-25(11-20)31(39,40)41)18-22-12-23(29(33,34)35)7-6-21(22)8-9-44(28(46)47)16-19-4-2-1-3-5-19/h1-7,10-15H,8-9,16-18H2,(H,46,47). The first-order valence-corrected chi connectivity index (χ1v) is 14.4. The van der Waals surface area contributed by atoms with Gasteiger partial charge in [-0.2, -0.15) is 39.5 Å². The molecule has 1 aromatic heterocycles. The van der Waals surface area contributed by atoms with Crippen molar-refractivity contribution in [1.82, 2.24) is 14.9 Å². The molecule has 0 atom stereocenters. The van der Waals surface area contributed by atoms with Crippen LogP contribution in [0, 0.1) is 0 Å². The molecule has 3 aromatic carbocycles. The molecule has 1 amide bonds. The highest BCUT2D eigenvalue weighted by atomic mass is 79.9. The van der Waals surface area contributed by atoms with Gasteiger partial charge in [0.2, 0.25) is 5.95 Å². The van der Waals surface area contributed by atoms with E-state index in [1.54, 1.807) is 30.3 Å². The lowest BCUT2D eigenvalue weighted by Crippen LogP contribution is -2.31. The zero-order valence-corrected chi connectivity index (χ0v) is 25.6. The maximum Gasteiger partial charge on any atom is 0.416 e. The van der Waals surface area contributed by atoms with Crippen LogP contribution in [-0.2, 0) is 44.6 Å². The van der Waals surface area contributed by atoms with Gasteiger partial charge in [-0.1, -0.05) is 36.4 Å². The van der Waals surface area contributed by atoms with Gasteiger partial charge in [0.1, 0.15) is 0 Å². The summed E-state index contributed by atoms with van der Waals surface area (Å²) in [7, 11) is 0. The number of nitrogens with zero attached hydrogens (tertiary/aromatic N) is 4. The number of aromatic nitrogens is 2. The van der Waals surface area contributed by atoms with Crippen LogP contribution in [0.3, 0.4) is 0 Å². The number of halogens is 10. The highest BCUT2D eigenvalue weighted by Crippen LogP contribution is 2.37. The fraction of sp³-hybridized carbons (Fsp3) is 0.258. The largest absolute Gasteiger partial charge is 0.465 e. The molecule has 0 aliphatic rings. The topological polar surface area (TPSA) is 69.6 Å². The number of rotatable bonds is 10. The van der Waals surface area contributed by atoms with Crippen molar-refractivity contribution in [2.75, 3.05) is 11.4 Å². The molecule has 47 heavy (non-hydrogen) atoms. The van der Waals surface area contributed by atoms with Gasteiger partial charge < -0.3 is 14.9 Å². The molecule has 0 fully saturated rings. The van der Waals surface area contributed by atoms with E-state index in [9.17, 15) is 49.4 Å². The van der Waals surface area contributed by atoms with Crippen LogP contribution in [0.5, 0.6) is 0 Å². The zero-order valence-electron chi connectivity index (χ0n) is 24.0. The summed E-state index contributed by atoms with van der Waals surface area (Å²) in [6, 6.07) is 12.3. The maximum atomic E-state index is 13.8. The number of alkyl halides is 9. The van der Waals surface area contributed by atoms with Gasteiger partial charge in [0, 0.05) is 38.6 Å². The molecule has 0 unspecified atom stereocenters. The number of anilines is 1. The molecule has 0 saturated carbocycles. The van der Waals surface area contributed by atoms with Gasteiger partial charge in [-0.25, -0.2) is 14.8 Å². The Morgan fingerprint density at radius 2 is 1.26 bits per heavy atom. The monoisotopic (exact) mass is 734 g/mol. The number of carbonyl (C=O) groups is 1. The molecule has 250 valence electrons. The number of carboxylic acid groups (broad SMARTS) is 1. The van der Waals surface area contributed by atoms with E-state index >= 15 is 0 Å². The van der Waals surface area contributed by atoms with Gasteiger partial charge in [0.05, 0.1) is 21.2 Å². The summed E-state index contributed by atoms with van der Waals surface area (Å²) in [5.41, 5.74) is -3.73. The molecule has 0 aliphatic heterocycles. The van der Waals surface area contributed by atoms with E-state index in [1.165, 1.54) is 12.4 Å². The Labute approximate surface area is 270 Å². The number of hydrogen-bond acceptors (Lipinski definition) is 4. The van der Waals surface area contributed by atoms with Crippen molar-refractivity contribution in [3.05, 3.63) is 123 Å². The van der Waals surface area contributed by atoms with Gasteiger partial charge in [-0.05, 0) is 74.9 Å². The quantitative estimate of drug-likeness (QED) is 0.165. The van der Waals surface area contributed by atoms with Crippen LogP contribution < -0.4 is 4.90 Å². The van der Waals surface area contributed by atoms with Crippen LogP contribution in [-0.4, -0.2) is 32.6 Å². The minimum absolute atomic E-state index is 0.0118. The average Bonchev–Trinajstić information content (AvgIpc) is 2.98. The lowest BCUT2D eigenvalue weighted by atomic mass is 9.99. The number of amides is 1. The second kappa shape index (κ2) is 14.2. The highest BCUT2D eigenvalue weighted by molar-refractivity contribution is 9.10. The van der Waals surface area contributed by atoms with Crippen LogP contribution in [0.1, 0.15) is 38.9 Å². The summed E-state index contributed by atoms with van der Waals surface area (Å²) in [5.74, 6) is -0.196. The Bertz CT molecular complexity index is 1650. The summed E-state index contributed by atoms with van der Waals surface area (Å²) >= 11 is 3.13. The van der Waals surface area contributed by atoms with Crippen LogP contribution >= 0.6 is 15.9 Å². The zero-order chi connectivity index (χ0) is 34.6. The summed E-state index contributed by atoms with van der Waals surface area (Å²) in [4.78, 5) is 22.3. The van der Waals surface area contributed by atoms with Crippen molar-refractivity contribution in [3.8, 4) is 0 Å². The second-order valence-electron chi connectivity index (χ2n) is 10.4. The molecular weight excluding hydrogens is 711 g/mol. The Morgan fingerprint density at radius 1 is 0.681 bits per heavy atom. The van der Waals surface area contributed by atoms with E-state index in [0.717, 1.165) is 28.0 Å². The molecule has 4 rings (SSSR count). The van der Waals surface area contributed by atoms with E-state index in [2.05, 4.69) is 25.9 Å². The molecule has 1 heterocycles. The maximum absolute atomic E-state index is 13.8. The number of hydrogen-bond donors (Lipinski definition) is 1. The van der Waals surface area contributed by atoms with Crippen LogP contribution in [0.2, 0.25) is 0 Å². The predicted molar refractivity (Wildman–Crippen MR) is 156 cm³/mol. The lowest BCUT2D eigenvalue weighted by Gasteiger charge is -2.26. The predicted octanol–water partition coefficient (Wildman–Crippen LogP) is 9.22. The molecule has 0 spiro atoms. The molecule has 0 saturated heterocycles. The smallest absolute Gasteiger partial charge is 0.416 e. The van der Waals surface area contributed by atoms with Crippen molar-refractivity contribution in [3.63, 3.8) is 0 Å². The fourth-order valence-corrected chi connectivity index (χ4v) is 4.90. The van der Waals surface area contributed by atoms with Crippen LogP contribution in [0.25, 0.3) is 0 Å². The third kappa shape index (κ3) is 9.83. The summed E-state index contributed by atoms with van der Waals surface area (Å²) < 4.78 is 123. The van der Waals surface area contributed by atoms with Crippen molar-refractivity contribution < 1.29 is 49.4 Å². The minimum atomic E-state index is -5.13. The van der Waals surface area contributed by atoms with Gasteiger partial charge in [-0.3, -0.25) is 0 Å². The molecule has 6 nitrogen and oxygen atoms in total. The van der Waals surface area contributed by atoms with Gasteiger partial charge >= 0.3 is 24.6 Å². The molecule has 0 bridgehead atoms. The highest BCUT2D eigenvalue weighted by Gasteiger charge is 2.37. The lowest BCUT2D eigenvalue weighted by molar-refractivity contribution is -0.143. The molecule has 0 radical (unpaired) electrons. The minimum Gasteiger partial charge on any atom is -0.465 e. The van der Waals surface area contributed by atoms with E-state index in [4.69, 9.17) is 0 Å². The Kier molecular flexibility index (Phi) is 10.7. The summed E-state index contributed by atoms with van der Waals surface area (Å²) in [6.45, 7) is -1.29. The van der Waals surface area contributed by atoms with E-state index in [0.29, 0.717) is 22.2 Å². The SMILES string of the molecule is O=C(O)N(CCc1ccc(C(F)(F)F)cc1CN(Cc1cc(C(F)(F)F)cc(C(F)(F)F)c1)c1ncc(Br)cn1)Cc1ccccc1. The Morgan fingerprint density at radius 3 is 1.79 bits per heavy atom. The van der Waals surface area contributed by atoms with Crippen LogP contribution in [0.4, 0.5) is 50.3 Å². The Balaban J connectivity index is 1.74. The van der Waals surface area contributed by atoms with Crippen molar-refractivity contribution in [1.29, 1.82) is 0 Å². The summed E-state index contributed by atoms with van der Waals surface area (Å²) in [6.07, 6.45) is -13.9. The van der Waals surface area contributed by atoms with Crippen molar-refractivity contribution >= 4 is 28.0 Å². The third-order valence-electron chi connectivity index (χ3n) is 6.94.